The molecule has 6 nitrogen and oxygen atoms in total. The number of urea groups is 1. The van der Waals surface area contributed by atoms with Gasteiger partial charge in [-0.3, -0.25) is 10.3 Å². The SMILES string of the molecule is O=C(Nc1cn(C2CCC2)cn1)Nc1cccc2cnccc12. The summed E-state index contributed by atoms with van der Waals surface area (Å²) < 4.78 is 2.07. The molecule has 3 aromatic rings. The number of anilines is 2. The molecule has 1 saturated carbocycles. The molecule has 0 unspecified atom stereocenters. The number of benzene rings is 1. The van der Waals surface area contributed by atoms with E-state index in [1.807, 2.05) is 30.5 Å². The number of imidazole rings is 1. The van der Waals surface area contributed by atoms with Crippen molar-refractivity contribution in [3.05, 3.63) is 49.2 Å². The van der Waals surface area contributed by atoms with Gasteiger partial charge >= 0.3 is 6.03 Å². The summed E-state index contributed by atoms with van der Waals surface area (Å²) in [5.74, 6) is 0.566. The maximum absolute atomic E-state index is 12.2. The fraction of sp³-hybridized carbons (Fsp3) is 0.235. The molecule has 0 saturated heterocycles. The molecule has 2 aromatic heterocycles. The first-order valence-electron chi connectivity index (χ1n) is 7.74. The van der Waals surface area contributed by atoms with Crippen LogP contribution in [0.5, 0.6) is 0 Å². The fourth-order valence-electron chi connectivity index (χ4n) is 2.79. The second kappa shape index (κ2) is 5.72. The van der Waals surface area contributed by atoms with Gasteiger partial charge in [0.1, 0.15) is 0 Å². The minimum atomic E-state index is -0.298. The maximum Gasteiger partial charge on any atom is 0.324 e. The first-order chi connectivity index (χ1) is 11.3. The zero-order valence-corrected chi connectivity index (χ0v) is 12.6. The molecule has 2 heterocycles. The second-order valence-electron chi connectivity index (χ2n) is 5.77. The molecule has 0 atom stereocenters. The van der Waals surface area contributed by atoms with Crippen LogP contribution in [0.4, 0.5) is 16.3 Å². The first kappa shape index (κ1) is 13.8. The Morgan fingerprint density at radius 2 is 2.13 bits per heavy atom. The van der Waals surface area contributed by atoms with E-state index in [1.165, 1.54) is 19.3 Å². The van der Waals surface area contributed by atoms with E-state index >= 15 is 0 Å². The third kappa shape index (κ3) is 2.75. The second-order valence-corrected chi connectivity index (χ2v) is 5.77. The summed E-state index contributed by atoms with van der Waals surface area (Å²) in [6, 6.07) is 7.85. The number of pyridine rings is 1. The molecule has 1 aromatic carbocycles. The summed E-state index contributed by atoms with van der Waals surface area (Å²) in [5, 5.41) is 7.60. The molecule has 23 heavy (non-hydrogen) atoms. The molecule has 6 heteroatoms. The number of hydrogen-bond acceptors (Lipinski definition) is 3. The van der Waals surface area contributed by atoms with Gasteiger partial charge < -0.3 is 9.88 Å². The highest BCUT2D eigenvalue weighted by Gasteiger charge is 2.19. The third-order valence-corrected chi connectivity index (χ3v) is 4.27. The number of nitrogens with one attached hydrogen (secondary N) is 2. The summed E-state index contributed by atoms with van der Waals surface area (Å²) in [4.78, 5) is 20.5. The van der Waals surface area contributed by atoms with Crippen molar-refractivity contribution in [3.8, 4) is 0 Å². The standard InChI is InChI=1S/C17H17N5O/c23-17(21-16-10-22(11-19-16)13-4-2-5-13)20-15-6-1-3-12-9-18-8-7-14(12)15/h1,3,6-11,13H,2,4-5H2,(H2,20,21,23). The van der Waals surface area contributed by atoms with Crippen molar-refractivity contribution in [1.29, 1.82) is 0 Å². The Morgan fingerprint density at radius 3 is 2.96 bits per heavy atom. The summed E-state index contributed by atoms with van der Waals surface area (Å²) in [6.45, 7) is 0. The summed E-state index contributed by atoms with van der Waals surface area (Å²) >= 11 is 0. The highest BCUT2D eigenvalue weighted by molar-refractivity contribution is 6.05. The lowest BCUT2D eigenvalue weighted by Crippen LogP contribution is -2.20. The van der Waals surface area contributed by atoms with E-state index in [9.17, 15) is 4.79 Å². The molecule has 2 amide bonds. The summed E-state index contributed by atoms with van der Waals surface area (Å²) in [7, 11) is 0. The molecular weight excluding hydrogens is 290 g/mol. The van der Waals surface area contributed by atoms with Crippen LogP contribution < -0.4 is 10.6 Å². The Balaban J connectivity index is 1.47. The van der Waals surface area contributed by atoms with Gasteiger partial charge in [0.25, 0.3) is 0 Å². The molecule has 0 spiro atoms. The van der Waals surface area contributed by atoms with Crippen LogP contribution in [0.15, 0.2) is 49.2 Å². The van der Waals surface area contributed by atoms with E-state index in [0.717, 1.165) is 16.5 Å². The van der Waals surface area contributed by atoms with Crippen molar-refractivity contribution in [1.82, 2.24) is 14.5 Å². The van der Waals surface area contributed by atoms with Crippen LogP contribution in [-0.2, 0) is 0 Å². The Labute approximate surface area is 133 Å². The number of nitrogens with zero attached hydrogens (tertiary/aromatic N) is 3. The lowest BCUT2D eigenvalue weighted by Gasteiger charge is -2.26. The Bertz CT molecular complexity index is 848. The average molecular weight is 307 g/mol. The molecule has 2 N–H and O–H groups in total. The minimum absolute atomic E-state index is 0.298. The highest BCUT2D eigenvalue weighted by atomic mass is 16.2. The number of hydrogen-bond donors (Lipinski definition) is 2. The minimum Gasteiger partial charge on any atom is -0.332 e. The van der Waals surface area contributed by atoms with Crippen LogP contribution in [0.2, 0.25) is 0 Å². The van der Waals surface area contributed by atoms with Gasteiger partial charge in [-0.05, 0) is 31.4 Å². The molecule has 0 radical (unpaired) electrons. The summed E-state index contributed by atoms with van der Waals surface area (Å²) in [6.07, 6.45) is 10.8. The summed E-state index contributed by atoms with van der Waals surface area (Å²) in [5.41, 5.74) is 0.751. The number of fused-ring (bicyclic) bond motifs is 1. The van der Waals surface area contributed by atoms with E-state index in [4.69, 9.17) is 0 Å². The van der Waals surface area contributed by atoms with Crippen molar-refractivity contribution in [2.75, 3.05) is 10.6 Å². The van der Waals surface area contributed by atoms with Gasteiger partial charge in [-0.25, -0.2) is 9.78 Å². The van der Waals surface area contributed by atoms with Gasteiger partial charge in [-0.15, -0.1) is 0 Å². The quantitative estimate of drug-likeness (QED) is 0.773. The number of rotatable bonds is 3. The van der Waals surface area contributed by atoms with Crippen molar-refractivity contribution in [3.63, 3.8) is 0 Å². The van der Waals surface area contributed by atoms with E-state index < -0.39 is 0 Å². The smallest absolute Gasteiger partial charge is 0.324 e. The lowest BCUT2D eigenvalue weighted by molar-refractivity contribution is 0.262. The molecule has 116 valence electrons. The number of carbonyl (C=O) groups excluding carboxylic acids is 1. The van der Waals surface area contributed by atoms with E-state index in [0.29, 0.717) is 11.9 Å². The van der Waals surface area contributed by atoms with Gasteiger partial charge in [0.2, 0.25) is 0 Å². The Morgan fingerprint density at radius 1 is 1.22 bits per heavy atom. The van der Waals surface area contributed by atoms with Gasteiger partial charge in [-0.2, -0.15) is 0 Å². The zero-order valence-electron chi connectivity index (χ0n) is 12.6. The lowest BCUT2D eigenvalue weighted by atomic mass is 9.93. The van der Waals surface area contributed by atoms with Crippen LogP contribution in [0.25, 0.3) is 10.8 Å². The van der Waals surface area contributed by atoms with Gasteiger partial charge in [0, 0.05) is 35.4 Å². The van der Waals surface area contributed by atoms with Crippen LogP contribution >= 0.6 is 0 Å². The number of amides is 2. The molecule has 4 rings (SSSR count). The Hall–Kier alpha value is -2.89. The van der Waals surface area contributed by atoms with E-state index in [-0.39, 0.29) is 6.03 Å². The Kier molecular flexibility index (Phi) is 3.42. The molecular formula is C17H17N5O. The van der Waals surface area contributed by atoms with Gasteiger partial charge in [0.15, 0.2) is 5.82 Å². The monoisotopic (exact) mass is 307 g/mol. The van der Waals surface area contributed by atoms with Crippen LogP contribution in [0, 0.1) is 0 Å². The van der Waals surface area contributed by atoms with Crippen molar-refractivity contribution in [2.24, 2.45) is 0 Å². The van der Waals surface area contributed by atoms with Gasteiger partial charge in [-0.1, -0.05) is 12.1 Å². The largest absolute Gasteiger partial charge is 0.332 e. The predicted octanol–water partition coefficient (Wildman–Crippen LogP) is 3.80. The normalized spacial score (nSPS) is 14.4. The maximum atomic E-state index is 12.2. The molecule has 1 aliphatic rings. The van der Waals surface area contributed by atoms with Crippen molar-refractivity contribution >= 4 is 28.3 Å². The number of aromatic nitrogens is 3. The molecule has 0 aliphatic heterocycles. The number of carbonyl (C=O) groups is 1. The first-order valence-corrected chi connectivity index (χ1v) is 7.74. The van der Waals surface area contributed by atoms with Crippen LogP contribution in [-0.4, -0.2) is 20.6 Å². The molecule has 0 bridgehead atoms. The van der Waals surface area contributed by atoms with E-state index in [1.54, 1.807) is 18.7 Å². The van der Waals surface area contributed by atoms with Gasteiger partial charge in [0.05, 0.1) is 12.0 Å². The average Bonchev–Trinajstić information content (AvgIpc) is 2.93. The van der Waals surface area contributed by atoms with Crippen molar-refractivity contribution in [2.45, 2.75) is 25.3 Å². The highest BCUT2D eigenvalue weighted by Crippen LogP contribution is 2.31. The third-order valence-electron chi connectivity index (χ3n) is 4.27. The zero-order chi connectivity index (χ0) is 15.6. The van der Waals surface area contributed by atoms with Crippen LogP contribution in [0.3, 0.4) is 0 Å². The van der Waals surface area contributed by atoms with Crippen molar-refractivity contribution < 1.29 is 4.79 Å². The topological polar surface area (TPSA) is 71.8 Å². The van der Waals surface area contributed by atoms with Crippen LogP contribution in [0.1, 0.15) is 25.3 Å². The van der Waals surface area contributed by atoms with E-state index in [2.05, 4.69) is 25.2 Å². The predicted molar refractivity (Wildman–Crippen MR) is 89.5 cm³/mol. The fourth-order valence-corrected chi connectivity index (χ4v) is 2.79. The molecule has 1 aliphatic carbocycles. The molecule has 1 fully saturated rings.